The summed E-state index contributed by atoms with van der Waals surface area (Å²) in [5, 5.41) is 8.06. The van der Waals surface area contributed by atoms with Crippen LogP contribution in [0.1, 0.15) is 38.8 Å². The number of hydrogen-bond acceptors (Lipinski definition) is 6. The van der Waals surface area contributed by atoms with Gasteiger partial charge in [0.1, 0.15) is 24.7 Å². The van der Waals surface area contributed by atoms with Gasteiger partial charge in [0.25, 0.3) is 0 Å². The lowest BCUT2D eigenvalue weighted by molar-refractivity contribution is -0.146. The smallest absolute Gasteiger partial charge is 0.408 e. The van der Waals surface area contributed by atoms with Crippen LogP contribution in [0.2, 0.25) is 0 Å². The molecule has 0 heterocycles. The molecule has 9 nitrogen and oxygen atoms in total. The molecule has 200 valence electrons. The monoisotopic (exact) mass is 511 g/mol. The predicted octanol–water partition coefficient (Wildman–Crippen LogP) is 2.98. The summed E-state index contributed by atoms with van der Waals surface area (Å²) >= 11 is 0. The van der Waals surface area contributed by atoms with Gasteiger partial charge < -0.3 is 25.4 Å². The maximum absolute atomic E-state index is 13.3. The number of esters is 1. The van der Waals surface area contributed by atoms with Crippen molar-refractivity contribution in [3.63, 3.8) is 0 Å². The number of nitrogens with one attached hydrogen (secondary N) is 3. The van der Waals surface area contributed by atoms with Crippen molar-refractivity contribution in [1.29, 1.82) is 0 Å². The third kappa shape index (κ3) is 9.59. The average Bonchev–Trinajstić information content (AvgIpc) is 2.88. The molecule has 0 saturated carbocycles. The van der Waals surface area contributed by atoms with Gasteiger partial charge in [0.15, 0.2) is 0 Å². The van der Waals surface area contributed by atoms with E-state index in [4.69, 9.17) is 9.47 Å². The number of rotatable bonds is 12. The van der Waals surface area contributed by atoms with Crippen molar-refractivity contribution in [3.8, 4) is 0 Å². The molecule has 3 atom stereocenters. The van der Waals surface area contributed by atoms with Gasteiger partial charge in [0.2, 0.25) is 11.8 Å². The molecule has 2 rings (SSSR count). The summed E-state index contributed by atoms with van der Waals surface area (Å²) in [7, 11) is 1.25. The van der Waals surface area contributed by atoms with Gasteiger partial charge in [-0.2, -0.15) is 0 Å². The molecular weight excluding hydrogens is 474 g/mol. The van der Waals surface area contributed by atoms with E-state index in [1.165, 1.54) is 7.11 Å². The predicted molar refractivity (Wildman–Crippen MR) is 139 cm³/mol. The number of alkyl carbamates (subject to hydrolysis) is 1. The third-order valence-corrected chi connectivity index (χ3v) is 5.77. The standard InChI is InChI=1S/C28H37N3O6/c1-18(2)23(31-28(35)37-17-21-14-10-7-11-15-21)26(33)29-22(16-20-12-8-6-9-13-20)25(32)30-24(19(3)4)27(34)36-5/h6-15,18-19,22-24H,16-17H2,1-5H3,(H,29,33)(H,30,32)(H,31,35)/t22-,23+,24+/m1/s1. The number of amides is 3. The molecule has 9 heteroatoms. The Hall–Kier alpha value is -3.88. The zero-order chi connectivity index (χ0) is 27.4. The summed E-state index contributed by atoms with van der Waals surface area (Å²) in [4.78, 5) is 51.1. The van der Waals surface area contributed by atoms with Crippen molar-refractivity contribution in [2.24, 2.45) is 11.8 Å². The molecule has 0 spiro atoms. The van der Waals surface area contributed by atoms with Crippen LogP contribution in [0, 0.1) is 11.8 Å². The fourth-order valence-corrected chi connectivity index (χ4v) is 3.63. The van der Waals surface area contributed by atoms with Gasteiger partial charge in [-0.3, -0.25) is 9.59 Å². The third-order valence-electron chi connectivity index (χ3n) is 5.77. The Balaban J connectivity index is 2.14. The molecule has 0 aliphatic carbocycles. The minimum Gasteiger partial charge on any atom is -0.467 e. The quantitative estimate of drug-likeness (QED) is 0.377. The molecular formula is C28H37N3O6. The Morgan fingerprint density at radius 1 is 0.703 bits per heavy atom. The zero-order valence-corrected chi connectivity index (χ0v) is 22.0. The minimum atomic E-state index is -0.996. The number of hydrogen-bond donors (Lipinski definition) is 3. The van der Waals surface area contributed by atoms with Crippen LogP contribution in [-0.4, -0.2) is 49.1 Å². The Kier molecular flexibility index (Phi) is 11.6. The highest BCUT2D eigenvalue weighted by atomic mass is 16.5. The molecule has 2 aromatic carbocycles. The fraction of sp³-hybridized carbons (Fsp3) is 0.429. The van der Waals surface area contributed by atoms with Gasteiger partial charge >= 0.3 is 12.1 Å². The molecule has 0 aromatic heterocycles. The highest BCUT2D eigenvalue weighted by Crippen LogP contribution is 2.10. The summed E-state index contributed by atoms with van der Waals surface area (Å²) in [6, 6.07) is 15.6. The maximum atomic E-state index is 13.3. The topological polar surface area (TPSA) is 123 Å². The second kappa shape index (κ2) is 14.6. The van der Waals surface area contributed by atoms with Crippen molar-refractivity contribution in [2.75, 3.05) is 7.11 Å². The van der Waals surface area contributed by atoms with E-state index in [1.807, 2.05) is 60.7 Å². The maximum Gasteiger partial charge on any atom is 0.408 e. The lowest BCUT2D eigenvalue weighted by atomic mass is 10.00. The van der Waals surface area contributed by atoms with E-state index in [0.717, 1.165) is 11.1 Å². The van der Waals surface area contributed by atoms with E-state index in [2.05, 4.69) is 16.0 Å². The number of carbonyl (C=O) groups excluding carboxylic acids is 4. The van der Waals surface area contributed by atoms with Crippen LogP contribution in [0.15, 0.2) is 60.7 Å². The summed E-state index contributed by atoms with van der Waals surface area (Å²) in [6.45, 7) is 7.18. The molecule has 0 bridgehead atoms. The first kappa shape index (κ1) is 29.4. The highest BCUT2D eigenvalue weighted by molar-refractivity contribution is 5.93. The molecule has 0 aliphatic heterocycles. The van der Waals surface area contributed by atoms with E-state index in [-0.39, 0.29) is 24.9 Å². The second-order valence-corrected chi connectivity index (χ2v) is 9.43. The van der Waals surface area contributed by atoms with Crippen LogP contribution in [-0.2, 0) is 36.9 Å². The molecule has 3 N–H and O–H groups in total. The van der Waals surface area contributed by atoms with Crippen LogP contribution in [0.3, 0.4) is 0 Å². The second-order valence-electron chi connectivity index (χ2n) is 9.43. The Bertz CT molecular complexity index is 1030. The zero-order valence-electron chi connectivity index (χ0n) is 22.0. The molecule has 0 radical (unpaired) electrons. The number of benzene rings is 2. The lowest BCUT2D eigenvalue weighted by Gasteiger charge is -2.27. The normalized spacial score (nSPS) is 13.3. The Morgan fingerprint density at radius 3 is 1.76 bits per heavy atom. The van der Waals surface area contributed by atoms with E-state index in [9.17, 15) is 19.2 Å². The highest BCUT2D eigenvalue weighted by Gasteiger charge is 2.32. The van der Waals surface area contributed by atoms with Crippen LogP contribution in [0.25, 0.3) is 0 Å². The molecule has 0 aliphatic rings. The first-order valence-electron chi connectivity index (χ1n) is 12.3. The summed E-state index contributed by atoms with van der Waals surface area (Å²) in [6.07, 6.45) is -0.555. The summed E-state index contributed by atoms with van der Waals surface area (Å²) in [5.41, 5.74) is 1.63. The lowest BCUT2D eigenvalue weighted by Crippen LogP contribution is -2.58. The fourth-order valence-electron chi connectivity index (χ4n) is 3.63. The number of carbonyl (C=O) groups is 4. The Morgan fingerprint density at radius 2 is 1.24 bits per heavy atom. The molecule has 0 fully saturated rings. The van der Waals surface area contributed by atoms with Gasteiger partial charge in [0, 0.05) is 6.42 Å². The Labute approximate surface area is 218 Å². The molecule has 2 aromatic rings. The van der Waals surface area contributed by atoms with E-state index >= 15 is 0 Å². The van der Waals surface area contributed by atoms with Crippen molar-refractivity contribution in [3.05, 3.63) is 71.8 Å². The number of methoxy groups -OCH3 is 1. The van der Waals surface area contributed by atoms with E-state index in [1.54, 1.807) is 27.7 Å². The van der Waals surface area contributed by atoms with Crippen molar-refractivity contribution >= 4 is 23.9 Å². The van der Waals surface area contributed by atoms with Crippen molar-refractivity contribution < 1.29 is 28.7 Å². The van der Waals surface area contributed by atoms with Crippen LogP contribution in [0.4, 0.5) is 4.79 Å². The molecule has 37 heavy (non-hydrogen) atoms. The van der Waals surface area contributed by atoms with Crippen LogP contribution in [0.5, 0.6) is 0 Å². The van der Waals surface area contributed by atoms with Crippen LogP contribution >= 0.6 is 0 Å². The first-order chi connectivity index (χ1) is 17.6. The van der Waals surface area contributed by atoms with E-state index < -0.39 is 42.0 Å². The SMILES string of the molecule is COC(=O)[C@@H](NC(=O)[C@@H](Cc1ccccc1)NC(=O)[C@@H](NC(=O)OCc1ccccc1)C(C)C)C(C)C. The summed E-state index contributed by atoms with van der Waals surface area (Å²) in [5.74, 6) is -2.16. The van der Waals surface area contributed by atoms with E-state index in [0.29, 0.717) is 0 Å². The number of ether oxygens (including phenoxy) is 2. The van der Waals surface area contributed by atoms with Gasteiger partial charge in [0.05, 0.1) is 7.11 Å². The molecule has 3 amide bonds. The van der Waals surface area contributed by atoms with Gasteiger partial charge in [-0.15, -0.1) is 0 Å². The largest absolute Gasteiger partial charge is 0.467 e. The average molecular weight is 512 g/mol. The van der Waals surface area contributed by atoms with Gasteiger partial charge in [-0.05, 0) is 23.0 Å². The van der Waals surface area contributed by atoms with Crippen LogP contribution < -0.4 is 16.0 Å². The minimum absolute atomic E-state index is 0.0578. The van der Waals surface area contributed by atoms with Gasteiger partial charge in [-0.1, -0.05) is 88.4 Å². The molecule has 0 unspecified atom stereocenters. The van der Waals surface area contributed by atoms with Crippen molar-refractivity contribution in [1.82, 2.24) is 16.0 Å². The first-order valence-corrected chi connectivity index (χ1v) is 12.3. The molecule has 0 saturated heterocycles. The van der Waals surface area contributed by atoms with Crippen molar-refractivity contribution in [2.45, 2.75) is 58.8 Å². The summed E-state index contributed by atoms with van der Waals surface area (Å²) < 4.78 is 10.1. The van der Waals surface area contributed by atoms with Gasteiger partial charge in [-0.25, -0.2) is 9.59 Å².